The molecule has 0 bridgehead atoms. The van der Waals surface area contributed by atoms with Crippen LogP contribution in [0.4, 0.5) is 4.79 Å². The monoisotopic (exact) mass is 307 g/mol. The second kappa shape index (κ2) is 6.43. The van der Waals surface area contributed by atoms with Gasteiger partial charge in [0.15, 0.2) is 5.78 Å². The van der Waals surface area contributed by atoms with Crippen molar-refractivity contribution in [2.75, 3.05) is 6.54 Å². The molecular weight excluding hydrogens is 282 g/mol. The van der Waals surface area contributed by atoms with Crippen LogP contribution in [-0.4, -0.2) is 32.1 Å². The molecule has 0 aromatic heterocycles. The van der Waals surface area contributed by atoms with E-state index in [0.29, 0.717) is 5.56 Å². The molecule has 0 heterocycles. The van der Waals surface area contributed by atoms with Crippen molar-refractivity contribution in [3.63, 3.8) is 0 Å². The summed E-state index contributed by atoms with van der Waals surface area (Å²) in [6.07, 6.45) is -0.574. The third-order valence-corrected chi connectivity index (χ3v) is 4.93. The van der Waals surface area contributed by atoms with E-state index in [-0.39, 0.29) is 12.3 Å². The summed E-state index contributed by atoms with van der Waals surface area (Å²) in [6, 6.07) is 7.67. The van der Waals surface area contributed by atoms with Crippen LogP contribution in [-0.2, 0) is 4.74 Å². The predicted octanol–water partition coefficient (Wildman–Crippen LogP) is 2.94. The number of amides is 1. The summed E-state index contributed by atoms with van der Waals surface area (Å²) < 4.78 is 5.09. The fourth-order valence-corrected chi connectivity index (χ4v) is 2.89. The van der Waals surface area contributed by atoms with Crippen molar-refractivity contribution in [2.45, 2.75) is 46.0 Å². The number of alkyl carbamates (subject to hydrolysis) is 1. The van der Waals surface area contributed by atoms with Crippen molar-refractivity contribution in [1.82, 2.24) is 5.32 Å². The molecule has 1 aromatic carbocycles. The molecule has 1 N–H and O–H groups in total. The van der Waals surface area contributed by atoms with Crippen LogP contribution in [0.15, 0.2) is 24.3 Å². The van der Waals surface area contributed by atoms with Gasteiger partial charge in [-0.05, 0) is 20.8 Å². The zero-order valence-electron chi connectivity index (χ0n) is 13.7. The molecule has 1 rings (SSSR count). The van der Waals surface area contributed by atoms with E-state index in [1.165, 1.54) is 5.19 Å². The predicted molar refractivity (Wildman–Crippen MR) is 88.0 cm³/mol. The molecule has 0 saturated heterocycles. The molecule has 0 fully saturated rings. The van der Waals surface area contributed by atoms with E-state index in [9.17, 15) is 9.59 Å². The molecular formula is C16H25NO3Si. The molecule has 1 amide bonds. The Balaban J connectivity index is 2.59. The minimum absolute atomic E-state index is 0.0544. The van der Waals surface area contributed by atoms with Crippen LogP contribution in [0.25, 0.3) is 0 Å². The summed E-state index contributed by atoms with van der Waals surface area (Å²) in [5.74, 6) is -0.122. The lowest BCUT2D eigenvalue weighted by molar-refractivity contribution is 0.0520. The van der Waals surface area contributed by atoms with E-state index in [1.54, 1.807) is 20.8 Å². The van der Waals surface area contributed by atoms with Crippen molar-refractivity contribution >= 4 is 25.1 Å². The van der Waals surface area contributed by atoms with E-state index >= 15 is 0 Å². The molecule has 0 spiro atoms. The second-order valence-electron chi connectivity index (χ2n) is 7.11. The van der Waals surface area contributed by atoms with Crippen molar-refractivity contribution in [1.29, 1.82) is 0 Å². The lowest BCUT2D eigenvalue weighted by Crippen LogP contribution is -2.38. The first-order valence-electron chi connectivity index (χ1n) is 7.09. The third-order valence-electron chi connectivity index (χ3n) is 2.87. The highest BCUT2D eigenvalue weighted by Crippen LogP contribution is 2.07. The summed E-state index contributed by atoms with van der Waals surface area (Å²) in [4.78, 5) is 23.5. The Morgan fingerprint density at radius 2 is 1.62 bits per heavy atom. The van der Waals surface area contributed by atoms with Crippen LogP contribution in [0.5, 0.6) is 0 Å². The molecule has 0 aliphatic heterocycles. The minimum Gasteiger partial charge on any atom is -0.444 e. The van der Waals surface area contributed by atoms with E-state index < -0.39 is 19.8 Å². The van der Waals surface area contributed by atoms with Crippen LogP contribution in [0, 0.1) is 0 Å². The Morgan fingerprint density at radius 1 is 1.10 bits per heavy atom. The Kier molecular flexibility index (Phi) is 5.34. The number of rotatable bonds is 4. The minimum atomic E-state index is -1.36. The van der Waals surface area contributed by atoms with Gasteiger partial charge < -0.3 is 10.1 Å². The van der Waals surface area contributed by atoms with E-state index in [2.05, 4.69) is 25.0 Å². The van der Waals surface area contributed by atoms with Crippen molar-refractivity contribution < 1.29 is 14.3 Å². The fraction of sp³-hybridized carbons (Fsp3) is 0.500. The molecule has 4 nitrogen and oxygen atoms in total. The van der Waals surface area contributed by atoms with Gasteiger partial charge in [-0.25, -0.2) is 4.79 Å². The topological polar surface area (TPSA) is 55.4 Å². The second-order valence-corrected chi connectivity index (χ2v) is 12.2. The third kappa shape index (κ3) is 6.12. The number of carbonyl (C=O) groups excluding carboxylic acids is 2. The highest BCUT2D eigenvalue weighted by molar-refractivity contribution is 6.88. The van der Waals surface area contributed by atoms with Crippen LogP contribution < -0.4 is 10.5 Å². The fourth-order valence-electron chi connectivity index (χ4n) is 1.72. The lowest BCUT2D eigenvalue weighted by atomic mass is 10.1. The van der Waals surface area contributed by atoms with Crippen LogP contribution in [0.2, 0.25) is 19.6 Å². The first kappa shape index (κ1) is 17.4. The van der Waals surface area contributed by atoms with Gasteiger partial charge in [-0.3, -0.25) is 4.79 Å². The Morgan fingerprint density at radius 3 is 2.05 bits per heavy atom. The van der Waals surface area contributed by atoms with Crippen molar-refractivity contribution in [2.24, 2.45) is 0 Å². The molecule has 5 heteroatoms. The number of ether oxygens (including phenoxy) is 1. The van der Waals surface area contributed by atoms with Crippen LogP contribution in [0.1, 0.15) is 31.1 Å². The maximum Gasteiger partial charge on any atom is 0.408 e. The molecule has 0 aliphatic rings. The van der Waals surface area contributed by atoms with Crippen LogP contribution >= 0.6 is 0 Å². The summed E-state index contributed by atoms with van der Waals surface area (Å²) in [5, 5.41) is 3.79. The van der Waals surface area contributed by atoms with Gasteiger partial charge in [0.05, 0.1) is 14.6 Å². The maximum absolute atomic E-state index is 12.0. The normalized spacial score (nSPS) is 11.9. The van der Waals surface area contributed by atoms with E-state index in [1.807, 2.05) is 24.3 Å². The quantitative estimate of drug-likeness (QED) is 0.687. The number of hydrogen-bond acceptors (Lipinski definition) is 3. The van der Waals surface area contributed by atoms with Gasteiger partial charge in [-0.2, -0.15) is 0 Å². The standard InChI is InChI=1S/C16H25NO3Si/c1-16(2,3)20-15(19)17-11-14(18)12-7-9-13(10-8-12)21(4,5)6/h7-10H,11H2,1-6H3,(H,17,19). The molecule has 116 valence electrons. The number of hydrogen-bond donors (Lipinski definition) is 1. The first-order valence-corrected chi connectivity index (χ1v) is 10.6. The van der Waals surface area contributed by atoms with Crippen LogP contribution in [0.3, 0.4) is 0 Å². The molecule has 0 atom stereocenters. The summed E-state index contributed by atoms with van der Waals surface area (Å²) in [6.45, 7) is 12.1. The summed E-state index contributed by atoms with van der Waals surface area (Å²) >= 11 is 0. The molecule has 0 aliphatic carbocycles. The molecule has 0 radical (unpaired) electrons. The van der Waals surface area contributed by atoms with Gasteiger partial charge in [0.2, 0.25) is 0 Å². The highest BCUT2D eigenvalue weighted by atomic mass is 28.3. The number of ketones is 1. The molecule has 1 aromatic rings. The zero-order chi connectivity index (χ0) is 16.3. The van der Waals surface area contributed by atoms with E-state index in [0.717, 1.165) is 0 Å². The summed E-state index contributed by atoms with van der Waals surface area (Å²) in [7, 11) is -1.36. The van der Waals surface area contributed by atoms with E-state index in [4.69, 9.17) is 4.74 Å². The zero-order valence-corrected chi connectivity index (χ0v) is 14.7. The van der Waals surface area contributed by atoms with Crippen molar-refractivity contribution in [3.05, 3.63) is 29.8 Å². The molecule has 21 heavy (non-hydrogen) atoms. The van der Waals surface area contributed by atoms with Gasteiger partial charge in [-0.1, -0.05) is 49.1 Å². The number of Topliss-reactive ketones (excluding diaryl/α,β-unsaturated/α-hetero) is 1. The Bertz CT molecular complexity index is 510. The highest BCUT2D eigenvalue weighted by Gasteiger charge is 2.18. The largest absolute Gasteiger partial charge is 0.444 e. The number of benzene rings is 1. The first-order chi connectivity index (χ1) is 9.49. The van der Waals surface area contributed by atoms with Gasteiger partial charge in [-0.15, -0.1) is 0 Å². The Labute approximate surface area is 127 Å². The average molecular weight is 307 g/mol. The van der Waals surface area contributed by atoms with Gasteiger partial charge in [0, 0.05) is 5.56 Å². The Hall–Kier alpha value is -1.62. The molecule has 0 saturated carbocycles. The lowest BCUT2D eigenvalue weighted by Gasteiger charge is -2.19. The average Bonchev–Trinajstić information content (AvgIpc) is 2.33. The SMILES string of the molecule is CC(C)(C)OC(=O)NCC(=O)c1ccc([Si](C)(C)C)cc1. The van der Waals surface area contributed by atoms with Gasteiger partial charge in [0.1, 0.15) is 5.60 Å². The van der Waals surface area contributed by atoms with Gasteiger partial charge >= 0.3 is 6.09 Å². The van der Waals surface area contributed by atoms with Crippen molar-refractivity contribution in [3.8, 4) is 0 Å². The molecule has 0 unspecified atom stereocenters. The number of carbonyl (C=O) groups is 2. The van der Waals surface area contributed by atoms with Gasteiger partial charge in [0.25, 0.3) is 0 Å². The number of nitrogens with one attached hydrogen (secondary N) is 1. The smallest absolute Gasteiger partial charge is 0.408 e. The summed E-state index contributed by atoms with van der Waals surface area (Å²) in [5.41, 5.74) is 0.0413. The maximum atomic E-state index is 12.0.